The molecule has 0 saturated carbocycles. The van der Waals surface area contributed by atoms with Gasteiger partial charge in [0.2, 0.25) is 5.95 Å². The minimum atomic E-state index is -0.283. The summed E-state index contributed by atoms with van der Waals surface area (Å²) < 4.78 is 0. The first-order valence-corrected chi connectivity index (χ1v) is 7.57. The summed E-state index contributed by atoms with van der Waals surface area (Å²) in [7, 11) is 3.99. The van der Waals surface area contributed by atoms with Crippen molar-refractivity contribution in [3.05, 3.63) is 11.8 Å². The minimum absolute atomic E-state index is 0.283. The second kappa shape index (κ2) is 6.58. The van der Waals surface area contributed by atoms with Crippen molar-refractivity contribution in [2.75, 3.05) is 50.1 Å². The monoisotopic (exact) mass is 293 g/mol. The molecule has 0 aromatic carbocycles. The van der Waals surface area contributed by atoms with Crippen molar-refractivity contribution in [1.82, 2.24) is 14.9 Å². The lowest BCUT2D eigenvalue weighted by Crippen LogP contribution is -2.54. The van der Waals surface area contributed by atoms with Gasteiger partial charge in [0.25, 0.3) is 0 Å². The molecule has 0 unspecified atom stereocenters. The molecule has 2 heterocycles. The Labute approximate surface area is 127 Å². The Bertz CT molecular complexity index is 477. The molecule has 0 aliphatic carbocycles. The number of nitrogens with zero attached hydrogens (tertiary/aromatic N) is 5. The second-order valence-corrected chi connectivity index (χ2v) is 6.20. The first kappa shape index (κ1) is 16.0. The number of anilines is 2. The highest BCUT2D eigenvalue weighted by Crippen LogP contribution is 2.19. The summed E-state index contributed by atoms with van der Waals surface area (Å²) in [4.78, 5) is 15.8. The fraction of sp³-hybridized carbons (Fsp3) is 0.733. The SMILES string of the molecule is Cc1cc(N(C)C)nc(N2CCN(C[C@H](C)O)[C@@H](C)C2)n1. The third-order valence-corrected chi connectivity index (χ3v) is 3.83. The van der Waals surface area contributed by atoms with Crippen LogP contribution in [0.3, 0.4) is 0 Å². The zero-order valence-electron chi connectivity index (χ0n) is 13.7. The maximum absolute atomic E-state index is 9.55. The van der Waals surface area contributed by atoms with Crippen molar-refractivity contribution in [1.29, 1.82) is 0 Å². The molecule has 21 heavy (non-hydrogen) atoms. The highest BCUT2D eigenvalue weighted by atomic mass is 16.3. The van der Waals surface area contributed by atoms with E-state index in [2.05, 4.69) is 26.7 Å². The van der Waals surface area contributed by atoms with Crippen LogP contribution < -0.4 is 9.80 Å². The van der Waals surface area contributed by atoms with Crippen molar-refractivity contribution in [3.8, 4) is 0 Å². The molecule has 1 N–H and O–H groups in total. The van der Waals surface area contributed by atoms with Gasteiger partial charge in [0, 0.05) is 58.1 Å². The average molecular weight is 293 g/mol. The lowest BCUT2D eigenvalue weighted by Gasteiger charge is -2.40. The Morgan fingerprint density at radius 1 is 1.38 bits per heavy atom. The first-order chi connectivity index (χ1) is 9.86. The number of aromatic nitrogens is 2. The molecule has 0 bridgehead atoms. The van der Waals surface area contributed by atoms with Gasteiger partial charge < -0.3 is 14.9 Å². The number of hydrogen-bond donors (Lipinski definition) is 1. The largest absolute Gasteiger partial charge is 0.392 e. The molecule has 0 spiro atoms. The summed E-state index contributed by atoms with van der Waals surface area (Å²) >= 11 is 0. The molecule has 1 aromatic heterocycles. The maximum Gasteiger partial charge on any atom is 0.227 e. The average Bonchev–Trinajstić information content (AvgIpc) is 2.39. The Morgan fingerprint density at radius 2 is 2.10 bits per heavy atom. The number of aliphatic hydroxyl groups is 1. The van der Waals surface area contributed by atoms with Crippen LogP contribution in [0.25, 0.3) is 0 Å². The molecule has 1 fully saturated rings. The molecule has 118 valence electrons. The van der Waals surface area contributed by atoms with Crippen molar-refractivity contribution in [2.45, 2.75) is 32.9 Å². The topological polar surface area (TPSA) is 55.7 Å². The maximum atomic E-state index is 9.55. The molecule has 0 amide bonds. The summed E-state index contributed by atoms with van der Waals surface area (Å²) in [5, 5.41) is 9.55. The summed E-state index contributed by atoms with van der Waals surface area (Å²) in [6.45, 7) is 9.48. The van der Waals surface area contributed by atoms with Gasteiger partial charge >= 0.3 is 0 Å². The zero-order valence-corrected chi connectivity index (χ0v) is 13.7. The number of hydrogen-bond acceptors (Lipinski definition) is 6. The van der Waals surface area contributed by atoms with Crippen LogP contribution in [0.1, 0.15) is 19.5 Å². The standard InChI is InChI=1S/C15H27N5O/c1-11-8-14(18(4)5)17-15(16-11)20-7-6-19(10-13(3)21)12(2)9-20/h8,12-13,21H,6-7,9-10H2,1-5H3/t12-,13-/m0/s1. The summed E-state index contributed by atoms with van der Waals surface area (Å²) in [6, 6.07) is 2.39. The fourth-order valence-corrected chi connectivity index (χ4v) is 2.69. The zero-order chi connectivity index (χ0) is 15.6. The minimum Gasteiger partial charge on any atom is -0.392 e. The van der Waals surface area contributed by atoms with Crippen LogP contribution in [0.5, 0.6) is 0 Å². The normalized spacial score (nSPS) is 21.4. The van der Waals surface area contributed by atoms with Gasteiger partial charge in [0.1, 0.15) is 5.82 Å². The molecule has 6 nitrogen and oxygen atoms in total. The van der Waals surface area contributed by atoms with Crippen LogP contribution in [-0.4, -0.2) is 72.4 Å². The quantitative estimate of drug-likeness (QED) is 0.884. The van der Waals surface area contributed by atoms with Crippen LogP contribution in [0.2, 0.25) is 0 Å². The van der Waals surface area contributed by atoms with Gasteiger partial charge in [-0.2, -0.15) is 4.98 Å². The van der Waals surface area contributed by atoms with E-state index in [1.54, 1.807) is 0 Å². The summed E-state index contributed by atoms with van der Waals surface area (Å²) in [5.41, 5.74) is 0.989. The first-order valence-electron chi connectivity index (χ1n) is 7.57. The van der Waals surface area contributed by atoms with E-state index >= 15 is 0 Å². The van der Waals surface area contributed by atoms with E-state index in [4.69, 9.17) is 0 Å². The third-order valence-electron chi connectivity index (χ3n) is 3.83. The summed E-state index contributed by atoms with van der Waals surface area (Å²) in [6.07, 6.45) is -0.283. The highest BCUT2D eigenvalue weighted by molar-refractivity contribution is 5.45. The number of piperazine rings is 1. The molecule has 0 radical (unpaired) electrons. The van der Waals surface area contributed by atoms with E-state index in [-0.39, 0.29) is 6.10 Å². The second-order valence-electron chi connectivity index (χ2n) is 6.20. The Hall–Kier alpha value is -1.40. The van der Waals surface area contributed by atoms with Crippen molar-refractivity contribution in [3.63, 3.8) is 0 Å². The molecule has 1 aliphatic heterocycles. The Morgan fingerprint density at radius 3 is 2.67 bits per heavy atom. The van der Waals surface area contributed by atoms with E-state index in [1.165, 1.54) is 0 Å². The lowest BCUT2D eigenvalue weighted by molar-refractivity contribution is 0.0957. The predicted octanol–water partition coefficient (Wildman–Crippen LogP) is 0.742. The van der Waals surface area contributed by atoms with Gasteiger partial charge in [0.05, 0.1) is 6.10 Å². The molecule has 1 aromatic rings. The molecule has 2 rings (SSSR count). The molecule has 2 atom stereocenters. The predicted molar refractivity (Wildman–Crippen MR) is 86.0 cm³/mol. The fourth-order valence-electron chi connectivity index (χ4n) is 2.69. The number of β-amino-alcohol motifs (C(OH)–C–C–N with tert-alkyl or cyclic N) is 1. The molecular weight excluding hydrogens is 266 g/mol. The van der Waals surface area contributed by atoms with Crippen LogP contribution in [-0.2, 0) is 0 Å². The van der Waals surface area contributed by atoms with Gasteiger partial charge in [-0.15, -0.1) is 0 Å². The number of aryl methyl sites for hydroxylation is 1. The number of rotatable bonds is 4. The molecule has 1 saturated heterocycles. The van der Waals surface area contributed by atoms with E-state index in [1.807, 2.05) is 38.9 Å². The van der Waals surface area contributed by atoms with Crippen molar-refractivity contribution in [2.24, 2.45) is 0 Å². The van der Waals surface area contributed by atoms with E-state index in [0.29, 0.717) is 6.04 Å². The molecular formula is C15H27N5O. The Balaban J connectivity index is 2.10. The number of aliphatic hydroxyl groups excluding tert-OH is 1. The smallest absolute Gasteiger partial charge is 0.227 e. The Kier molecular flexibility index (Phi) is 5.00. The summed E-state index contributed by atoms with van der Waals surface area (Å²) in [5.74, 6) is 1.75. The van der Waals surface area contributed by atoms with E-state index < -0.39 is 0 Å². The van der Waals surface area contributed by atoms with Crippen LogP contribution in [0.4, 0.5) is 11.8 Å². The van der Waals surface area contributed by atoms with E-state index in [9.17, 15) is 5.11 Å². The van der Waals surface area contributed by atoms with Gasteiger partial charge in [-0.1, -0.05) is 0 Å². The van der Waals surface area contributed by atoms with E-state index in [0.717, 1.165) is 43.6 Å². The third kappa shape index (κ3) is 4.04. The highest BCUT2D eigenvalue weighted by Gasteiger charge is 2.26. The van der Waals surface area contributed by atoms with Crippen LogP contribution in [0.15, 0.2) is 6.07 Å². The van der Waals surface area contributed by atoms with Crippen molar-refractivity contribution < 1.29 is 5.11 Å². The van der Waals surface area contributed by atoms with Crippen molar-refractivity contribution >= 4 is 11.8 Å². The lowest BCUT2D eigenvalue weighted by atomic mass is 10.2. The van der Waals surface area contributed by atoms with Gasteiger partial charge in [-0.05, 0) is 20.8 Å². The van der Waals surface area contributed by atoms with Gasteiger partial charge in [-0.3, -0.25) is 4.90 Å². The van der Waals surface area contributed by atoms with Crippen LogP contribution in [0, 0.1) is 6.92 Å². The van der Waals surface area contributed by atoms with Crippen LogP contribution >= 0.6 is 0 Å². The molecule has 1 aliphatic rings. The van der Waals surface area contributed by atoms with Gasteiger partial charge in [0.15, 0.2) is 0 Å². The molecule has 6 heteroatoms. The van der Waals surface area contributed by atoms with Gasteiger partial charge in [-0.25, -0.2) is 4.98 Å².